The molecule has 8 heteroatoms. The number of aliphatic imine (C=N–C) groups is 1. The number of nitrogens with zero attached hydrogens (tertiary/aromatic N) is 5. The summed E-state index contributed by atoms with van der Waals surface area (Å²) in [6.45, 7) is 9.23. The highest BCUT2D eigenvalue weighted by Gasteiger charge is 2.25. The lowest BCUT2D eigenvalue weighted by Gasteiger charge is -2.35. The van der Waals surface area contributed by atoms with Crippen molar-refractivity contribution >= 4 is 29.9 Å². The lowest BCUT2D eigenvalue weighted by molar-refractivity contribution is -0.00806. The Labute approximate surface area is 174 Å². The standard InChI is InChI=1S/C18H32N6O.HI/c1-15-4-7-23(8-5-15)9-6-20-18(19-2)24-10-11-25-17(14-24)16-12-21-22(3)13-16;/h12-13,15,17H,4-11,14H2,1-3H3,(H,19,20);1H. The highest BCUT2D eigenvalue weighted by atomic mass is 127. The molecule has 2 aliphatic rings. The molecule has 0 amide bonds. The largest absolute Gasteiger partial charge is 0.370 e. The van der Waals surface area contributed by atoms with Gasteiger partial charge in [-0.1, -0.05) is 6.92 Å². The number of hydrogen-bond acceptors (Lipinski definition) is 4. The Balaban J connectivity index is 0.00000243. The van der Waals surface area contributed by atoms with E-state index in [0.717, 1.165) is 43.6 Å². The quantitative estimate of drug-likeness (QED) is 0.408. The highest BCUT2D eigenvalue weighted by Crippen LogP contribution is 2.21. The zero-order chi connectivity index (χ0) is 17.6. The van der Waals surface area contributed by atoms with Gasteiger partial charge in [0.25, 0.3) is 0 Å². The predicted molar refractivity (Wildman–Crippen MR) is 115 cm³/mol. The monoisotopic (exact) mass is 476 g/mol. The molecule has 1 atom stereocenters. The fourth-order valence-corrected chi connectivity index (χ4v) is 3.59. The number of guanidine groups is 1. The minimum Gasteiger partial charge on any atom is -0.370 e. The lowest BCUT2D eigenvalue weighted by Crippen LogP contribution is -2.49. The second-order valence-electron chi connectivity index (χ2n) is 7.25. The van der Waals surface area contributed by atoms with E-state index in [-0.39, 0.29) is 30.1 Å². The van der Waals surface area contributed by atoms with Crippen LogP contribution in [0.25, 0.3) is 0 Å². The van der Waals surface area contributed by atoms with Gasteiger partial charge in [-0.3, -0.25) is 9.67 Å². The molecular formula is C18H33IN6O. The summed E-state index contributed by atoms with van der Waals surface area (Å²) in [5.74, 6) is 1.86. The number of aromatic nitrogens is 2. The van der Waals surface area contributed by atoms with Gasteiger partial charge in [0.05, 0.1) is 19.3 Å². The first-order chi connectivity index (χ1) is 12.2. The second-order valence-corrected chi connectivity index (χ2v) is 7.25. The molecule has 0 aromatic carbocycles. The maximum atomic E-state index is 5.93. The zero-order valence-corrected chi connectivity index (χ0v) is 18.6. The first-order valence-electron chi connectivity index (χ1n) is 9.44. The molecule has 1 aromatic rings. The Morgan fingerprint density at radius 1 is 1.35 bits per heavy atom. The van der Waals surface area contributed by atoms with Crippen LogP contribution in [0.2, 0.25) is 0 Å². The Hall–Kier alpha value is -0.870. The molecule has 0 aliphatic carbocycles. The van der Waals surface area contributed by atoms with Crippen molar-refractivity contribution in [1.29, 1.82) is 0 Å². The third kappa shape index (κ3) is 5.82. The summed E-state index contributed by atoms with van der Waals surface area (Å²) in [7, 11) is 3.80. The van der Waals surface area contributed by atoms with E-state index in [1.165, 1.54) is 25.9 Å². The third-order valence-corrected chi connectivity index (χ3v) is 5.26. The van der Waals surface area contributed by atoms with Crippen molar-refractivity contribution < 1.29 is 4.74 Å². The molecule has 26 heavy (non-hydrogen) atoms. The number of hydrogen-bond donors (Lipinski definition) is 1. The van der Waals surface area contributed by atoms with Gasteiger partial charge in [0.15, 0.2) is 5.96 Å². The molecule has 2 saturated heterocycles. The van der Waals surface area contributed by atoms with Crippen LogP contribution in [0.1, 0.15) is 31.4 Å². The van der Waals surface area contributed by atoms with Crippen molar-refractivity contribution in [3.05, 3.63) is 18.0 Å². The van der Waals surface area contributed by atoms with Crippen molar-refractivity contribution in [2.75, 3.05) is 52.9 Å². The van der Waals surface area contributed by atoms with Crippen LogP contribution in [-0.4, -0.2) is 78.5 Å². The fraction of sp³-hybridized carbons (Fsp3) is 0.778. The molecule has 1 unspecified atom stereocenters. The summed E-state index contributed by atoms with van der Waals surface area (Å²) < 4.78 is 7.75. The average Bonchev–Trinajstić information content (AvgIpc) is 3.07. The van der Waals surface area contributed by atoms with Crippen LogP contribution < -0.4 is 5.32 Å². The summed E-state index contributed by atoms with van der Waals surface area (Å²) in [5, 5.41) is 7.79. The minimum absolute atomic E-state index is 0. The van der Waals surface area contributed by atoms with E-state index in [0.29, 0.717) is 6.61 Å². The van der Waals surface area contributed by atoms with E-state index in [1.807, 2.05) is 31.2 Å². The molecule has 2 fully saturated rings. The second kappa shape index (κ2) is 10.5. The van der Waals surface area contributed by atoms with Gasteiger partial charge < -0.3 is 19.9 Å². The van der Waals surface area contributed by atoms with Gasteiger partial charge in [-0.05, 0) is 31.8 Å². The van der Waals surface area contributed by atoms with Crippen molar-refractivity contribution in [3.8, 4) is 0 Å². The molecule has 148 valence electrons. The van der Waals surface area contributed by atoms with Gasteiger partial charge in [-0.2, -0.15) is 5.10 Å². The number of aryl methyl sites for hydroxylation is 1. The van der Waals surface area contributed by atoms with E-state index < -0.39 is 0 Å². The molecule has 1 aromatic heterocycles. The highest BCUT2D eigenvalue weighted by molar-refractivity contribution is 14.0. The first kappa shape index (κ1) is 21.4. The van der Waals surface area contributed by atoms with Crippen LogP contribution in [0.4, 0.5) is 0 Å². The van der Waals surface area contributed by atoms with Crippen LogP contribution in [0, 0.1) is 5.92 Å². The van der Waals surface area contributed by atoms with Gasteiger partial charge in [-0.25, -0.2) is 0 Å². The topological polar surface area (TPSA) is 57.9 Å². The first-order valence-corrected chi connectivity index (χ1v) is 9.44. The molecule has 3 rings (SSSR count). The van der Waals surface area contributed by atoms with Crippen LogP contribution in [0.3, 0.4) is 0 Å². The summed E-state index contributed by atoms with van der Waals surface area (Å²) >= 11 is 0. The number of halogens is 1. The maximum absolute atomic E-state index is 5.93. The normalized spacial score (nSPS) is 23.0. The van der Waals surface area contributed by atoms with Crippen LogP contribution in [0.15, 0.2) is 17.4 Å². The van der Waals surface area contributed by atoms with Gasteiger partial charge in [0.2, 0.25) is 0 Å². The number of likely N-dealkylation sites (tertiary alicyclic amines) is 1. The molecule has 0 bridgehead atoms. The van der Waals surface area contributed by atoms with Crippen LogP contribution >= 0.6 is 24.0 Å². The van der Waals surface area contributed by atoms with E-state index in [4.69, 9.17) is 4.74 Å². The van der Waals surface area contributed by atoms with Crippen molar-refractivity contribution in [1.82, 2.24) is 24.9 Å². The summed E-state index contributed by atoms with van der Waals surface area (Å²) in [6.07, 6.45) is 6.63. The Bertz CT molecular complexity index is 570. The summed E-state index contributed by atoms with van der Waals surface area (Å²) in [6, 6.07) is 0. The molecule has 0 saturated carbocycles. The van der Waals surface area contributed by atoms with E-state index >= 15 is 0 Å². The molecule has 0 spiro atoms. The number of nitrogens with one attached hydrogen (secondary N) is 1. The predicted octanol–water partition coefficient (Wildman–Crippen LogP) is 1.72. The van der Waals surface area contributed by atoms with Crippen LogP contribution in [0.5, 0.6) is 0 Å². The molecule has 0 radical (unpaired) electrons. The fourth-order valence-electron chi connectivity index (χ4n) is 3.59. The SMILES string of the molecule is CN=C(NCCN1CCC(C)CC1)N1CCOC(c2cnn(C)c2)C1.I. The molecule has 7 nitrogen and oxygen atoms in total. The van der Waals surface area contributed by atoms with E-state index in [1.54, 1.807) is 0 Å². The molecule has 3 heterocycles. The summed E-state index contributed by atoms with van der Waals surface area (Å²) in [4.78, 5) is 9.32. The average molecular weight is 476 g/mol. The van der Waals surface area contributed by atoms with Crippen LogP contribution in [-0.2, 0) is 11.8 Å². The number of ether oxygens (including phenoxy) is 1. The Kier molecular flexibility index (Phi) is 8.62. The zero-order valence-electron chi connectivity index (χ0n) is 16.2. The van der Waals surface area contributed by atoms with E-state index in [9.17, 15) is 0 Å². The molecular weight excluding hydrogens is 443 g/mol. The number of morpholine rings is 1. The van der Waals surface area contributed by atoms with Gasteiger partial charge in [-0.15, -0.1) is 24.0 Å². The van der Waals surface area contributed by atoms with Crippen molar-refractivity contribution in [2.45, 2.75) is 25.9 Å². The smallest absolute Gasteiger partial charge is 0.193 e. The molecule has 1 N–H and O–H groups in total. The van der Waals surface area contributed by atoms with Crippen molar-refractivity contribution in [3.63, 3.8) is 0 Å². The number of piperidine rings is 1. The Morgan fingerprint density at radius 3 is 2.77 bits per heavy atom. The number of rotatable bonds is 4. The minimum atomic E-state index is 0. The maximum Gasteiger partial charge on any atom is 0.193 e. The lowest BCUT2D eigenvalue weighted by atomic mass is 9.99. The Morgan fingerprint density at radius 2 is 2.12 bits per heavy atom. The van der Waals surface area contributed by atoms with E-state index in [2.05, 4.69) is 32.1 Å². The van der Waals surface area contributed by atoms with Crippen molar-refractivity contribution in [2.24, 2.45) is 18.0 Å². The van der Waals surface area contributed by atoms with Gasteiger partial charge >= 0.3 is 0 Å². The van der Waals surface area contributed by atoms with Gasteiger partial charge in [0.1, 0.15) is 6.10 Å². The third-order valence-electron chi connectivity index (χ3n) is 5.26. The summed E-state index contributed by atoms with van der Waals surface area (Å²) in [5.41, 5.74) is 1.13. The van der Waals surface area contributed by atoms with Gasteiger partial charge in [0, 0.05) is 45.5 Å². The molecule has 2 aliphatic heterocycles.